The number of carbonyl (C=O) groups excluding carboxylic acids is 3. The van der Waals surface area contributed by atoms with Crippen molar-refractivity contribution in [2.75, 3.05) is 36.4 Å². The van der Waals surface area contributed by atoms with E-state index in [4.69, 9.17) is 14.8 Å². The predicted molar refractivity (Wildman–Crippen MR) is 275 cm³/mol. The highest BCUT2D eigenvalue weighted by molar-refractivity contribution is 7.22. The molecule has 0 radical (unpaired) electrons. The van der Waals surface area contributed by atoms with Crippen LogP contribution in [0.2, 0.25) is 0 Å². The summed E-state index contributed by atoms with van der Waals surface area (Å²) in [5, 5.41) is 22.3. The van der Waals surface area contributed by atoms with Crippen molar-refractivity contribution in [1.82, 2.24) is 30.0 Å². The SMILES string of the molecule is Cc1c(O[C@H]2CC[C@H](CCCN3CC[C@@H](c4ccc5c(C6CCC(=O)NC6=O)nn(C)c5c4)C3)CC2)cccc1-c1ccc(N2CCc3cccc(C(=O)Nc4nc5ccccc5s4)c3C2)nc1C(=O)O. The lowest BCUT2D eigenvalue weighted by atomic mass is 9.84. The lowest BCUT2D eigenvalue weighted by Gasteiger charge is -2.31. The van der Waals surface area contributed by atoms with Crippen molar-refractivity contribution in [2.45, 2.75) is 95.6 Å². The molecule has 1 saturated carbocycles. The number of carboxylic acids is 1. The van der Waals surface area contributed by atoms with Crippen LogP contribution in [0.3, 0.4) is 0 Å². The molecule has 1 unspecified atom stereocenters. The number of piperidine rings is 1. The van der Waals surface area contributed by atoms with Gasteiger partial charge in [0.15, 0.2) is 10.8 Å². The number of pyridine rings is 1. The Morgan fingerprint density at radius 2 is 1.73 bits per heavy atom. The van der Waals surface area contributed by atoms with Crippen LogP contribution in [0.25, 0.3) is 32.2 Å². The van der Waals surface area contributed by atoms with Gasteiger partial charge in [0.1, 0.15) is 11.6 Å². The molecule has 14 nitrogen and oxygen atoms in total. The number of carbonyl (C=O) groups is 4. The number of aryl methyl sites for hydroxylation is 1. The molecule has 3 fully saturated rings. The molecule has 1 aliphatic carbocycles. The van der Waals surface area contributed by atoms with Gasteiger partial charge in [-0.15, -0.1) is 0 Å². The van der Waals surface area contributed by atoms with Crippen LogP contribution in [-0.4, -0.2) is 85.7 Å². The van der Waals surface area contributed by atoms with Crippen LogP contribution in [0.15, 0.2) is 91.0 Å². The number of thiazole rings is 1. The summed E-state index contributed by atoms with van der Waals surface area (Å²) >= 11 is 1.44. The van der Waals surface area contributed by atoms with Gasteiger partial charge >= 0.3 is 5.97 Å². The van der Waals surface area contributed by atoms with Gasteiger partial charge in [-0.1, -0.05) is 59.9 Å². The highest BCUT2D eigenvalue weighted by Gasteiger charge is 2.33. The molecule has 3 aliphatic heterocycles. The Morgan fingerprint density at radius 3 is 2.56 bits per heavy atom. The number of ether oxygens (including phenoxy) is 1. The third-order valence-corrected chi connectivity index (χ3v) is 16.4. The molecule has 4 aromatic carbocycles. The monoisotopic (exact) mass is 970 g/mol. The Morgan fingerprint density at radius 1 is 0.887 bits per heavy atom. The van der Waals surface area contributed by atoms with Gasteiger partial charge in [-0.25, -0.2) is 14.8 Å². The number of fused-ring (bicyclic) bond motifs is 3. The van der Waals surface area contributed by atoms with E-state index in [0.29, 0.717) is 66.3 Å². The third kappa shape index (κ3) is 9.52. The van der Waals surface area contributed by atoms with E-state index in [2.05, 4.69) is 38.7 Å². The molecular weight excluding hydrogens is 913 g/mol. The second-order valence-electron chi connectivity index (χ2n) is 19.8. The van der Waals surface area contributed by atoms with E-state index in [1.807, 2.05) is 96.3 Å². The minimum atomic E-state index is -1.10. The summed E-state index contributed by atoms with van der Waals surface area (Å²) < 4.78 is 9.57. The van der Waals surface area contributed by atoms with Crippen molar-refractivity contribution in [3.8, 4) is 16.9 Å². The molecule has 7 aromatic rings. The predicted octanol–water partition coefficient (Wildman–Crippen LogP) is 9.79. The molecule has 71 heavy (non-hydrogen) atoms. The standard InChI is InChI=1S/C56H58N8O6S/c1-33-39(40-21-23-49(58-52(40)55(68)69)64-29-26-35-9-5-11-41(44(35)32-64)53(66)60-56-57-45-12-3-4-14-48(45)71-56)10-6-13-47(33)70-38-18-15-34(16-19-38)8-7-27-63-28-25-37(31-63)36-17-20-42-46(30-36)62(2)61-51(42)43-22-24-50(65)59-54(43)67/h3-6,9-14,17,20-21,23,30,34,37-38,43H,7-8,15-16,18-19,22,24-29,31-32H2,1-2H3,(H,68,69)(H,57,60,66)(H,59,65,67)/t34-,37-,38-,43?/m1/s1. The highest BCUT2D eigenvalue weighted by atomic mass is 32.1. The largest absolute Gasteiger partial charge is 0.490 e. The molecule has 2 atom stereocenters. The fourth-order valence-electron chi connectivity index (χ4n) is 11.5. The van der Waals surface area contributed by atoms with E-state index < -0.39 is 11.9 Å². The zero-order valence-electron chi connectivity index (χ0n) is 40.2. The Hall–Kier alpha value is -6.97. The normalized spacial score (nSPS) is 20.6. The maximum atomic E-state index is 13.7. The number of aromatic carboxylic acids is 1. The minimum absolute atomic E-state index is 0.0198. The molecule has 2 saturated heterocycles. The number of imide groups is 1. The van der Waals surface area contributed by atoms with E-state index in [9.17, 15) is 24.3 Å². The van der Waals surface area contributed by atoms with Crippen LogP contribution >= 0.6 is 11.3 Å². The average Bonchev–Trinajstić information content (AvgIpc) is 4.11. The maximum absolute atomic E-state index is 13.7. The summed E-state index contributed by atoms with van der Waals surface area (Å²) in [6.07, 6.45) is 9.36. The summed E-state index contributed by atoms with van der Waals surface area (Å²) in [7, 11) is 1.93. The number of nitrogens with zero attached hydrogens (tertiary/aromatic N) is 6. The van der Waals surface area contributed by atoms with E-state index in [1.165, 1.54) is 29.7 Å². The number of hydrogen-bond acceptors (Lipinski definition) is 11. The first-order valence-corrected chi connectivity index (χ1v) is 25.9. The van der Waals surface area contributed by atoms with Gasteiger partial charge in [0, 0.05) is 49.6 Å². The molecule has 3 N–H and O–H groups in total. The molecule has 11 rings (SSSR count). The topological polar surface area (TPSA) is 172 Å². The number of nitrogens with one attached hydrogen (secondary N) is 2. The number of hydrogen-bond donors (Lipinski definition) is 3. The molecule has 15 heteroatoms. The molecule has 0 spiro atoms. The molecule has 6 heterocycles. The second-order valence-corrected chi connectivity index (χ2v) is 20.9. The van der Waals surface area contributed by atoms with Crippen LogP contribution in [0, 0.1) is 12.8 Å². The van der Waals surface area contributed by atoms with Gasteiger partial charge in [0.2, 0.25) is 11.8 Å². The smallest absolute Gasteiger partial charge is 0.355 e. The van der Waals surface area contributed by atoms with E-state index in [-0.39, 0.29) is 29.5 Å². The van der Waals surface area contributed by atoms with Gasteiger partial charge in [0.05, 0.1) is 33.4 Å². The van der Waals surface area contributed by atoms with Gasteiger partial charge in [-0.05, 0) is 160 Å². The van der Waals surface area contributed by atoms with Crippen molar-refractivity contribution < 1.29 is 29.0 Å². The van der Waals surface area contributed by atoms with Crippen LogP contribution in [0.5, 0.6) is 5.75 Å². The summed E-state index contributed by atoms with van der Waals surface area (Å²) in [5.74, 6) is 0.262. The lowest BCUT2D eigenvalue weighted by Crippen LogP contribution is -2.39. The molecule has 364 valence electrons. The summed E-state index contributed by atoms with van der Waals surface area (Å²) in [5.41, 5.74) is 8.69. The zero-order valence-corrected chi connectivity index (χ0v) is 41.0. The van der Waals surface area contributed by atoms with Crippen molar-refractivity contribution in [2.24, 2.45) is 13.0 Å². The van der Waals surface area contributed by atoms with E-state index >= 15 is 0 Å². The van der Waals surface area contributed by atoms with Crippen LogP contribution in [0.1, 0.15) is 118 Å². The van der Waals surface area contributed by atoms with Crippen LogP contribution in [-0.2, 0) is 29.6 Å². The van der Waals surface area contributed by atoms with E-state index in [1.54, 1.807) is 0 Å². The second kappa shape index (κ2) is 19.7. The number of likely N-dealkylation sites (tertiary alicyclic amines) is 1. The van der Waals surface area contributed by atoms with Gasteiger partial charge in [-0.3, -0.25) is 29.7 Å². The molecule has 3 amide bonds. The molecule has 0 bridgehead atoms. The summed E-state index contributed by atoms with van der Waals surface area (Å²) in [6.45, 7) is 6.27. The van der Waals surface area contributed by atoms with Crippen molar-refractivity contribution in [3.05, 3.63) is 130 Å². The zero-order chi connectivity index (χ0) is 48.8. The Bertz CT molecular complexity index is 3180. The van der Waals surface area contributed by atoms with Crippen molar-refractivity contribution in [1.29, 1.82) is 0 Å². The van der Waals surface area contributed by atoms with Crippen LogP contribution in [0.4, 0.5) is 10.9 Å². The highest BCUT2D eigenvalue weighted by Crippen LogP contribution is 2.39. The minimum Gasteiger partial charge on any atom is -0.490 e. The van der Waals surface area contributed by atoms with Crippen molar-refractivity contribution in [3.63, 3.8) is 0 Å². The first-order valence-electron chi connectivity index (χ1n) is 25.1. The quantitative estimate of drug-likeness (QED) is 0.0940. The Labute approximate surface area is 416 Å². The van der Waals surface area contributed by atoms with Gasteiger partial charge < -0.3 is 19.6 Å². The fourth-order valence-corrected chi connectivity index (χ4v) is 12.4. The summed E-state index contributed by atoms with van der Waals surface area (Å²) in [6, 6.07) is 29.8. The Kier molecular flexibility index (Phi) is 12.9. The molecule has 4 aliphatic rings. The molecule has 3 aromatic heterocycles. The third-order valence-electron chi connectivity index (χ3n) is 15.4. The number of aromatic nitrogens is 4. The maximum Gasteiger partial charge on any atom is 0.355 e. The van der Waals surface area contributed by atoms with Crippen molar-refractivity contribution >= 4 is 67.1 Å². The summed E-state index contributed by atoms with van der Waals surface area (Å²) in [4.78, 5) is 64.9. The number of anilines is 2. The van der Waals surface area contributed by atoms with Gasteiger partial charge in [0.25, 0.3) is 5.91 Å². The van der Waals surface area contributed by atoms with Crippen LogP contribution < -0.4 is 20.3 Å². The number of carboxylic acid groups (broad SMARTS) is 1. The number of rotatable bonds is 13. The Balaban J connectivity index is 0.677. The first-order chi connectivity index (χ1) is 34.5. The van der Waals surface area contributed by atoms with E-state index in [0.717, 1.165) is 107 Å². The fraction of sp³-hybridized carbons (Fsp3) is 0.375. The molecular formula is C56H58N8O6S. The lowest BCUT2D eigenvalue weighted by molar-refractivity contribution is -0.134. The number of para-hydroxylation sites is 1. The number of benzene rings is 4. The number of amides is 3. The first kappa shape index (κ1) is 46.4. The van der Waals surface area contributed by atoms with Gasteiger partial charge in [-0.2, -0.15) is 5.10 Å². The average molecular weight is 971 g/mol.